The normalized spacial score (nSPS) is 25.6. The Morgan fingerprint density at radius 2 is 1.73 bits per heavy atom. The van der Waals surface area contributed by atoms with E-state index in [-0.39, 0.29) is 23.9 Å². The lowest BCUT2D eigenvalue weighted by Gasteiger charge is -2.40. The van der Waals surface area contributed by atoms with E-state index in [0.717, 1.165) is 0 Å². The third-order valence-corrected chi connectivity index (χ3v) is 4.15. The third kappa shape index (κ3) is 1.81. The van der Waals surface area contributed by atoms with Crippen molar-refractivity contribution in [2.75, 3.05) is 0 Å². The second kappa shape index (κ2) is 4.53. The summed E-state index contributed by atoms with van der Waals surface area (Å²) < 4.78 is 11.5. The Morgan fingerprint density at radius 1 is 0.955 bits per heavy atom. The first-order valence-corrected chi connectivity index (χ1v) is 6.88. The Hall–Kier alpha value is -2.44. The van der Waals surface area contributed by atoms with Gasteiger partial charge in [-0.25, -0.2) is 0 Å². The number of hydrogen-bond donors (Lipinski definition) is 4. The molecule has 2 heterocycles. The Labute approximate surface area is 125 Å². The molecule has 114 valence electrons. The molecule has 0 amide bonds. The summed E-state index contributed by atoms with van der Waals surface area (Å²) in [5.74, 6) is -0.0675. The molecule has 0 saturated heterocycles. The summed E-state index contributed by atoms with van der Waals surface area (Å²) in [6.45, 7) is 0.207. The first-order valence-electron chi connectivity index (χ1n) is 6.88. The minimum Gasteiger partial charge on any atom is -0.508 e. The van der Waals surface area contributed by atoms with Crippen LogP contribution in [0.15, 0.2) is 30.3 Å². The van der Waals surface area contributed by atoms with Crippen molar-refractivity contribution in [3.8, 4) is 23.0 Å². The van der Waals surface area contributed by atoms with Gasteiger partial charge >= 0.3 is 0 Å². The van der Waals surface area contributed by atoms with E-state index in [2.05, 4.69) is 0 Å². The van der Waals surface area contributed by atoms with Crippen LogP contribution >= 0.6 is 0 Å². The average molecular weight is 302 g/mol. The van der Waals surface area contributed by atoms with E-state index in [9.17, 15) is 20.4 Å². The summed E-state index contributed by atoms with van der Waals surface area (Å²) in [5, 5.41) is 39.4. The lowest BCUT2D eigenvalue weighted by molar-refractivity contribution is -0.127. The van der Waals surface area contributed by atoms with Gasteiger partial charge in [0, 0.05) is 17.2 Å². The first-order chi connectivity index (χ1) is 10.5. The van der Waals surface area contributed by atoms with Gasteiger partial charge in [-0.3, -0.25) is 0 Å². The van der Waals surface area contributed by atoms with Gasteiger partial charge in [-0.15, -0.1) is 0 Å². The molecule has 2 aromatic carbocycles. The monoisotopic (exact) mass is 302 g/mol. The molecule has 0 aliphatic carbocycles. The van der Waals surface area contributed by atoms with Gasteiger partial charge in [-0.2, -0.15) is 0 Å². The summed E-state index contributed by atoms with van der Waals surface area (Å²) in [6, 6.07) is 7.36. The second-order valence-electron chi connectivity index (χ2n) is 5.52. The van der Waals surface area contributed by atoms with Crippen molar-refractivity contribution in [2.45, 2.75) is 24.9 Å². The number of rotatable bonds is 0. The van der Waals surface area contributed by atoms with Gasteiger partial charge in [0.05, 0.1) is 6.61 Å². The molecule has 2 aliphatic heterocycles. The zero-order valence-corrected chi connectivity index (χ0v) is 11.4. The molecular weight excluding hydrogens is 288 g/mol. The summed E-state index contributed by atoms with van der Waals surface area (Å²) in [5.41, 5.74) is 1.89. The predicted octanol–water partition coefficient (Wildman–Crippen LogP) is 1.87. The molecule has 22 heavy (non-hydrogen) atoms. The van der Waals surface area contributed by atoms with Crippen molar-refractivity contribution in [1.29, 1.82) is 0 Å². The van der Waals surface area contributed by atoms with Gasteiger partial charge in [0.1, 0.15) is 23.7 Å². The smallest absolute Gasteiger partial charge is 0.157 e. The summed E-state index contributed by atoms with van der Waals surface area (Å²) in [4.78, 5) is 0. The lowest BCUT2D eigenvalue weighted by atomic mass is 9.87. The third-order valence-electron chi connectivity index (χ3n) is 4.15. The number of aliphatic hydroxyl groups is 1. The maximum atomic E-state index is 10.5. The number of aromatic hydroxyl groups is 3. The highest BCUT2D eigenvalue weighted by Gasteiger charge is 2.43. The standard InChI is InChI=1S/C16H14O6/c17-8-1-2-9-13(4-8)22-15-10-5-12(19)11(18)3-7(10)6-21-16(15)14(9)20/h1-5,14-20H,6H2/t14-,15-,16-/m0/s1. The highest BCUT2D eigenvalue weighted by atomic mass is 16.6. The van der Waals surface area contributed by atoms with Crippen molar-refractivity contribution in [1.82, 2.24) is 0 Å². The molecule has 0 radical (unpaired) electrons. The Balaban J connectivity index is 1.83. The van der Waals surface area contributed by atoms with Gasteiger partial charge in [0.2, 0.25) is 0 Å². The van der Waals surface area contributed by atoms with Crippen LogP contribution in [-0.2, 0) is 11.3 Å². The molecule has 0 bridgehead atoms. The molecule has 0 saturated carbocycles. The number of phenolic OH excluding ortho intramolecular Hbond substituents is 3. The van der Waals surface area contributed by atoms with E-state index in [0.29, 0.717) is 22.4 Å². The second-order valence-corrected chi connectivity index (χ2v) is 5.52. The van der Waals surface area contributed by atoms with Crippen molar-refractivity contribution < 1.29 is 29.9 Å². The van der Waals surface area contributed by atoms with E-state index in [1.807, 2.05) is 0 Å². The van der Waals surface area contributed by atoms with Crippen molar-refractivity contribution in [3.05, 3.63) is 47.0 Å². The molecular formula is C16H14O6. The molecule has 2 aromatic rings. The van der Waals surface area contributed by atoms with E-state index >= 15 is 0 Å². The van der Waals surface area contributed by atoms with Gasteiger partial charge in [-0.1, -0.05) is 0 Å². The minimum atomic E-state index is -0.904. The molecule has 0 unspecified atom stereocenters. The SMILES string of the molecule is Oc1ccc2c(c1)O[C@H]1c3cc(O)c(O)cc3CO[C@H]1[C@H]2O. The maximum Gasteiger partial charge on any atom is 0.157 e. The number of ether oxygens (including phenoxy) is 2. The van der Waals surface area contributed by atoms with Crippen LogP contribution in [0.4, 0.5) is 0 Å². The molecule has 4 N–H and O–H groups in total. The van der Waals surface area contributed by atoms with Crippen LogP contribution in [0.2, 0.25) is 0 Å². The van der Waals surface area contributed by atoms with Crippen LogP contribution < -0.4 is 4.74 Å². The van der Waals surface area contributed by atoms with E-state index in [1.54, 1.807) is 6.07 Å². The molecule has 6 nitrogen and oxygen atoms in total. The fourth-order valence-corrected chi connectivity index (χ4v) is 3.05. The molecule has 6 heteroatoms. The number of fused-ring (bicyclic) bond motifs is 4. The van der Waals surface area contributed by atoms with E-state index < -0.39 is 18.3 Å². The Morgan fingerprint density at radius 3 is 2.55 bits per heavy atom. The molecule has 3 atom stereocenters. The molecule has 4 rings (SSSR count). The topological polar surface area (TPSA) is 99.4 Å². The molecule has 0 spiro atoms. The Bertz CT molecular complexity index is 757. The van der Waals surface area contributed by atoms with Crippen LogP contribution in [0.3, 0.4) is 0 Å². The van der Waals surface area contributed by atoms with Crippen LogP contribution in [-0.4, -0.2) is 26.5 Å². The highest BCUT2D eigenvalue weighted by Crippen LogP contribution is 2.48. The van der Waals surface area contributed by atoms with E-state index in [4.69, 9.17) is 9.47 Å². The minimum absolute atomic E-state index is 0.0369. The predicted molar refractivity (Wildman–Crippen MR) is 74.8 cm³/mol. The number of hydrogen-bond acceptors (Lipinski definition) is 6. The highest BCUT2D eigenvalue weighted by molar-refractivity contribution is 5.50. The molecule has 0 aromatic heterocycles. The van der Waals surface area contributed by atoms with E-state index in [1.165, 1.54) is 24.3 Å². The van der Waals surface area contributed by atoms with Gasteiger partial charge in [-0.05, 0) is 29.8 Å². The number of benzene rings is 2. The largest absolute Gasteiger partial charge is 0.508 e. The summed E-state index contributed by atoms with van der Waals surface area (Å²) in [6.07, 6.45) is -2.15. The average Bonchev–Trinajstić information content (AvgIpc) is 2.48. The van der Waals surface area contributed by atoms with Gasteiger partial charge < -0.3 is 29.9 Å². The van der Waals surface area contributed by atoms with Gasteiger partial charge in [0.25, 0.3) is 0 Å². The lowest BCUT2D eigenvalue weighted by Crippen LogP contribution is -2.39. The summed E-state index contributed by atoms with van der Waals surface area (Å²) >= 11 is 0. The first kappa shape index (κ1) is 13.2. The van der Waals surface area contributed by atoms with Crippen molar-refractivity contribution in [2.24, 2.45) is 0 Å². The fourth-order valence-electron chi connectivity index (χ4n) is 3.05. The fraction of sp³-hybridized carbons (Fsp3) is 0.250. The van der Waals surface area contributed by atoms with Crippen molar-refractivity contribution in [3.63, 3.8) is 0 Å². The summed E-state index contributed by atoms with van der Waals surface area (Å²) in [7, 11) is 0. The number of phenols is 3. The van der Waals surface area contributed by atoms with Crippen LogP contribution in [0, 0.1) is 0 Å². The quantitative estimate of drug-likeness (QED) is 0.554. The Kier molecular flexibility index (Phi) is 2.72. The zero-order chi connectivity index (χ0) is 15.4. The molecule has 2 aliphatic rings. The molecule has 0 fully saturated rings. The van der Waals surface area contributed by atoms with Crippen LogP contribution in [0.25, 0.3) is 0 Å². The van der Waals surface area contributed by atoms with Gasteiger partial charge in [0.15, 0.2) is 17.6 Å². The van der Waals surface area contributed by atoms with Crippen LogP contribution in [0.5, 0.6) is 23.0 Å². The maximum absolute atomic E-state index is 10.5. The van der Waals surface area contributed by atoms with Crippen molar-refractivity contribution >= 4 is 0 Å². The van der Waals surface area contributed by atoms with Crippen LogP contribution in [0.1, 0.15) is 28.9 Å². The zero-order valence-electron chi connectivity index (χ0n) is 11.4. The number of aliphatic hydroxyl groups excluding tert-OH is 1.